The molecular weight excluding hydrogens is 307 g/mol. The van der Waals surface area contributed by atoms with E-state index in [0.29, 0.717) is 11.4 Å². The van der Waals surface area contributed by atoms with Crippen LogP contribution in [-0.4, -0.2) is 21.1 Å². The lowest BCUT2D eigenvalue weighted by Gasteiger charge is -2.00. The standard InChI is InChI=1S/C18H13FN4O/c19-12-7-5-11(6-8-12)15-9-16(23-22-15)18(24)21-17-10-20-14-4-2-1-3-13(14)17/h1-10,20H,(H,21,24)(H,22,23). The number of carbonyl (C=O) groups excluding carboxylic acids is 1. The van der Waals surface area contributed by atoms with Crippen LogP contribution >= 0.6 is 0 Å². The second kappa shape index (κ2) is 5.66. The van der Waals surface area contributed by atoms with Crippen molar-refractivity contribution >= 4 is 22.5 Å². The number of halogens is 1. The van der Waals surface area contributed by atoms with Crippen LogP contribution in [0.5, 0.6) is 0 Å². The van der Waals surface area contributed by atoms with Crippen LogP contribution in [0.15, 0.2) is 60.8 Å². The van der Waals surface area contributed by atoms with Crippen LogP contribution in [0.4, 0.5) is 10.1 Å². The summed E-state index contributed by atoms with van der Waals surface area (Å²) in [5.41, 5.74) is 3.32. The fourth-order valence-electron chi connectivity index (χ4n) is 2.58. The first-order valence-corrected chi connectivity index (χ1v) is 7.39. The van der Waals surface area contributed by atoms with Crippen molar-refractivity contribution in [2.24, 2.45) is 0 Å². The Hall–Kier alpha value is -3.41. The molecule has 0 fully saturated rings. The lowest BCUT2D eigenvalue weighted by atomic mass is 10.1. The number of H-pyrrole nitrogens is 2. The van der Waals surface area contributed by atoms with Gasteiger partial charge in [0.25, 0.3) is 5.91 Å². The maximum Gasteiger partial charge on any atom is 0.276 e. The Morgan fingerprint density at radius 1 is 1.08 bits per heavy atom. The summed E-state index contributed by atoms with van der Waals surface area (Å²) in [5.74, 6) is -0.625. The number of nitrogens with zero attached hydrogens (tertiary/aromatic N) is 1. The van der Waals surface area contributed by atoms with E-state index in [2.05, 4.69) is 20.5 Å². The largest absolute Gasteiger partial charge is 0.359 e. The van der Waals surface area contributed by atoms with E-state index in [-0.39, 0.29) is 17.4 Å². The maximum absolute atomic E-state index is 13.0. The maximum atomic E-state index is 13.0. The smallest absolute Gasteiger partial charge is 0.276 e. The Bertz CT molecular complexity index is 1020. The average Bonchev–Trinajstić information content (AvgIpc) is 3.23. The highest BCUT2D eigenvalue weighted by molar-refractivity contribution is 6.08. The van der Waals surface area contributed by atoms with E-state index >= 15 is 0 Å². The average molecular weight is 320 g/mol. The van der Waals surface area contributed by atoms with Gasteiger partial charge in [0, 0.05) is 17.1 Å². The number of hydrogen-bond acceptors (Lipinski definition) is 2. The zero-order valence-corrected chi connectivity index (χ0v) is 12.5. The van der Waals surface area contributed by atoms with Gasteiger partial charge in [-0.3, -0.25) is 9.89 Å². The van der Waals surface area contributed by atoms with Crippen LogP contribution in [-0.2, 0) is 0 Å². The number of fused-ring (bicyclic) bond motifs is 1. The van der Waals surface area contributed by atoms with E-state index in [1.54, 1.807) is 24.4 Å². The first-order chi connectivity index (χ1) is 11.7. The van der Waals surface area contributed by atoms with E-state index < -0.39 is 0 Å². The second-order valence-electron chi connectivity index (χ2n) is 5.38. The predicted octanol–water partition coefficient (Wildman–Crippen LogP) is 3.95. The van der Waals surface area contributed by atoms with Gasteiger partial charge in [0.15, 0.2) is 5.69 Å². The molecule has 0 aliphatic heterocycles. The normalized spacial score (nSPS) is 10.9. The first-order valence-electron chi connectivity index (χ1n) is 7.39. The van der Waals surface area contributed by atoms with Crippen molar-refractivity contribution in [2.75, 3.05) is 5.32 Å². The molecule has 0 bridgehead atoms. The summed E-state index contributed by atoms with van der Waals surface area (Å²) in [6.45, 7) is 0. The molecule has 24 heavy (non-hydrogen) atoms. The van der Waals surface area contributed by atoms with Crippen molar-refractivity contribution in [3.8, 4) is 11.3 Å². The third kappa shape index (κ3) is 2.54. The molecule has 6 heteroatoms. The third-order valence-corrected chi connectivity index (χ3v) is 3.80. The molecule has 3 N–H and O–H groups in total. The number of aromatic amines is 2. The third-order valence-electron chi connectivity index (χ3n) is 3.80. The Kier molecular flexibility index (Phi) is 3.35. The van der Waals surface area contributed by atoms with Crippen molar-refractivity contribution in [1.29, 1.82) is 0 Å². The number of nitrogens with one attached hydrogen (secondary N) is 3. The number of anilines is 1. The van der Waals surface area contributed by atoms with Gasteiger partial charge in [0.2, 0.25) is 0 Å². The molecule has 5 nitrogen and oxygen atoms in total. The molecule has 0 aliphatic carbocycles. The molecule has 0 radical (unpaired) electrons. The topological polar surface area (TPSA) is 73.6 Å². The Morgan fingerprint density at radius 2 is 1.88 bits per heavy atom. The highest BCUT2D eigenvalue weighted by Gasteiger charge is 2.13. The van der Waals surface area contributed by atoms with Crippen molar-refractivity contribution < 1.29 is 9.18 Å². The van der Waals surface area contributed by atoms with Crippen molar-refractivity contribution in [2.45, 2.75) is 0 Å². The number of benzene rings is 2. The molecule has 0 unspecified atom stereocenters. The molecule has 118 valence electrons. The zero-order valence-electron chi connectivity index (χ0n) is 12.5. The van der Waals surface area contributed by atoms with Gasteiger partial charge in [-0.05, 0) is 42.0 Å². The number of para-hydroxylation sites is 1. The Labute approximate surface area is 136 Å². The van der Waals surface area contributed by atoms with Gasteiger partial charge in [-0.2, -0.15) is 5.10 Å². The van der Waals surface area contributed by atoms with Gasteiger partial charge in [-0.25, -0.2) is 4.39 Å². The second-order valence-corrected chi connectivity index (χ2v) is 5.38. The van der Waals surface area contributed by atoms with E-state index in [4.69, 9.17) is 0 Å². The first kappa shape index (κ1) is 14.2. The molecule has 4 aromatic rings. The molecular formula is C18H13FN4O. The summed E-state index contributed by atoms with van der Waals surface area (Å²) >= 11 is 0. The lowest BCUT2D eigenvalue weighted by molar-refractivity contribution is 0.102. The highest BCUT2D eigenvalue weighted by atomic mass is 19.1. The van der Waals surface area contributed by atoms with Gasteiger partial charge >= 0.3 is 0 Å². The van der Waals surface area contributed by atoms with E-state index in [9.17, 15) is 9.18 Å². The summed E-state index contributed by atoms with van der Waals surface area (Å²) in [7, 11) is 0. The van der Waals surface area contributed by atoms with E-state index in [1.807, 2.05) is 24.3 Å². The predicted molar refractivity (Wildman–Crippen MR) is 90.2 cm³/mol. The van der Waals surface area contributed by atoms with Crippen molar-refractivity contribution in [1.82, 2.24) is 15.2 Å². The Balaban J connectivity index is 1.58. The minimum Gasteiger partial charge on any atom is -0.359 e. The number of amides is 1. The van der Waals surface area contributed by atoms with E-state index in [0.717, 1.165) is 16.5 Å². The van der Waals surface area contributed by atoms with Gasteiger partial charge in [-0.15, -0.1) is 0 Å². The SMILES string of the molecule is O=C(Nc1c[nH]c2ccccc12)c1cc(-c2ccc(F)cc2)[nH]n1. The van der Waals surface area contributed by atoms with Gasteiger partial charge in [0.05, 0.1) is 11.4 Å². The summed E-state index contributed by atoms with van der Waals surface area (Å²) in [6.07, 6.45) is 1.75. The summed E-state index contributed by atoms with van der Waals surface area (Å²) in [5, 5.41) is 10.6. The molecule has 4 rings (SSSR count). The molecule has 0 aliphatic rings. The fourth-order valence-corrected chi connectivity index (χ4v) is 2.58. The quantitative estimate of drug-likeness (QED) is 0.535. The number of rotatable bonds is 3. The molecule has 1 amide bonds. The van der Waals surface area contributed by atoms with Crippen LogP contribution in [0.25, 0.3) is 22.2 Å². The van der Waals surface area contributed by atoms with Gasteiger partial charge in [0.1, 0.15) is 5.82 Å². The fraction of sp³-hybridized carbons (Fsp3) is 0. The lowest BCUT2D eigenvalue weighted by Crippen LogP contribution is -2.11. The van der Waals surface area contributed by atoms with Crippen LogP contribution in [0.1, 0.15) is 10.5 Å². The molecule has 0 saturated heterocycles. The molecule has 0 atom stereocenters. The number of hydrogen-bond donors (Lipinski definition) is 3. The zero-order chi connectivity index (χ0) is 16.5. The van der Waals surface area contributed by atoms with Gasteiger partial charge < -0.3 is 10.3 Å². The van der Waals surface area contributed by atoms with Crippen LogP contribution < -0.4 is 5.32 Å². The minimum absolute atomic E-state index is 0.264. The monoisotopic (exact) mass is 320 g/mol. The molecule has 2 heterocycles. The molecule has 0 spiro atoms. The van der Waals surface area contributed by atoms with Crippen molar-refractivity contribution in [3.05, 3.63) is 72.3 Å². The molecule has 2 aromatic carbocycles. The van der Waals surface area contributed by atoms with Crippen LogP contribution in [0.2, 0.25) is 0 Å². The number of aromatic nitrogens is 3. The summed E-state index contributed by atoms with van der Waals surface area (Å²) in [6, 6.07) is 15.3. The van der Waals surface area contributed by atoms with Gasteiger partial charge in [-0.1, -0.05) is 18.2 Å². The summed E-state index contributed by atoms with van der Waals surface area (Å²) < 4.78 is 13.0. The number of carbonyl (C=O) groups is 1. The highest BCUT2D eigenvalue weighted by Crippen LogP contribution is 2.23. The molecule has 0 saturated carbocycles. The van der Waals surface area contributed by atoms with Crippen molar-refractivity contribution in [3.63, 3.8) is 0 Å². The Morgan fingerprint density at radius 3 is 2.71 bits per heavy atom. The minimum atomic E-state index is -0.315. The van der Waals surface area contributed by atoms with Crippen LogP contribution in [0.3, 0.4) is 0 Å². The summed E-state index contributed by atoms with van der Waals surface area (Å²) in [4.78, 5) is 15.5. The van der Waals surface area contributed by atoms with E-state index in [1.165, 1.54) is 12.1 Å². The molecule has 2 aromatic heterocycles. The van der Waals surface area contributed by atoms with Crippen LogP contribution in [0, 0.1) is 5.82 Å².